The molecule has 26 heavy (non-hydrogen) atoms. The molecule has 0 fully saturated rings. The number of hydrogen-bond acceptors (Lipinski definition) is 4. The van der Waals surface area contributed by atoms with Crippen LogP contribution in [0.25, 0.3) is 0 Å². The van der Waals surface area contributed by atoms with Gasteiger partial charge in [0.2, 0.25) is 5.91 Å². The number of carboxylic acid groups (broad SMARTS) is 1. The lowest BCUT2D eigenvalue weighted by atomic mass is 10.0. The zero-order chi connectivity index (χ0) is 19.1. The molecule has 0 aliphatic carbocycles. The highest BCUT2D eigenvalue weighted by Gasteiger charge is 2.23. The van der Waals surface area contributed by atoms with Crippen LogP contribution in [0.2, 0.25) is 0 Å². The molecule has 1 atom stereocenters. The minimum atomic E-state index is -1.17. The molecule has 0 saturated carbocycles. The summed E-state index contributed by atoms with van der Waals surface area (Å²) in [5.41, 5.74) is 1.17. The monoisotopic (exact) mass is 356 g/mol. The van der Waals surface area contributed by atoms with Gasteiger partial charge in [0.05, 0.1) is 18.4 Å². The Kier molecular flexibility index (Phi) is 6.32. The van der Waals surface area contributed by atoms with Gasteiger partial charge in [0.25, 0.3) is 5.91 Å². The third-order valence-electron chi connectivity index (χ3n) is 3.70. The molecule has 2 aromatic carbocycles. The summed E-state index contributed by atoms with van der Waals surface area (Å²) in [6, 6.07) is 12.3. The smallest absolute Gasteiger partial charge is 0.326 e. The molecular weight excluding hydrogens is 336 g/mol. The Morgan fingerprint density at radius 3 is 2.38 bits per heavy atom. The number of carbonyl (C=O) groups excluding carboxylic acids is 2. The van der Waals surface area contributed by atoms with Crippen molar-refractivity contribution in [1.29, 1.82) is 0 Å². The van der Waals surface area contributed by atoms with Crippen molar-refractivity contribution in [1.82, 2.24) is 5.32 Å². The topological polar surface area (TPSA) is 105 Å². The standard InChI is InChI=1S/C19H20N2O5/c1-12(22)20-15-9-5-4-8-14(15)18(23)21-16(19(24)25)11-13-7-3-6-10-17(13)26-2/h3-10,16H,11H2,1-2H3,(H,20,22)(H,21,23)(H,24,25)/t16-/m1/s1. The van der Waals surface area contributed by atoms with E-state index < -0.39 is 17.9 Å². The first-order valence-electron chi connectivity index (χ1n) is 7.94. The van der Waals surface area contributed by atoms with Gasteiger partial charge in [-0.2, -0.15) is 0 Å². The minimum Gasteiger partial charge on any atom is -0.496 e. The van der Waals surface area contributed by atoms with Crippen molar-refractivity contribution >= 4 is 23.5 Å². The molecule has 3 N–H and O–H groups in total. The number of carboxylic acids is 1. The van der Waals surface area contributed by atoms with E-state index in [4.69, 9.17) is 4.74 Å². The number of amides is 2. The zero-order valence-corrected chi connectivity index (χ0v) is 14.5. The molecule has 136 valence electrons. The second-order valence-corrected chi connectivity index (χ2v) is 5.61. The molecule has 7 nitrogen and oxygen atoms in total. The summed E-state index contributed by atoms with van der Waals surface area (Å²) in [5.74, 6) is -1.53. The summed E-state index contributed by atoms with van der Waals surface area (Å²) in [6.07, 6.45) is 0.0629. The van der Waals surface area contributed by atoms with Gasteiger partial charge in [-0.05, 0) is 23.8 Å². The van der Waals surface area contributed by atoms with Crippen molar-refractivity contribution < 1.29 is 24.2 Å². The lowest BCUT2D eigenvalue weighted by Crippen LogP contribution is -2.42. The Bertz CT molecular complexity index is 819. The van der Waals surface area contributed by atoms with E-state index in [-0.39, 0.29) is 17.9 Å². The van der Waals surface area contributed by atoms with Gasteiger partial charge < -0.3 is 20.5 Å². The van der Waals surface area contributed by atoms with Crippen molar-refractivity contribution in [2.24, 2.45) is 0 Å². The molecule has 0 unspecified atom stereocenters. The summed E-state index contributed by atoms with van der Waals surface area (Å²) in [5, 5.41) is 14.5. The first kappa shape index (κ1) is 19.0. The van der Waals surface area contributed by atoms with Gasteiger partial charge >= 0.3 is 5.97 Å². The Morgan fingerprint density at radius 1 is 1.08 bits per heavy atom. The summed E-state index contributed by atoms with van der Waals surface area (Å²) >= 11 is 0. The van der Waals surface area contributed by atoms with Crippen LogP contribution in [-0.4, -0.2) is 36.0 Å². The third-order valence-corrected chi connectivity index (χ3v) is 3.70. The fourth-order valence-corrected chi connectivity index (χ4v) is 2.51. The average molecular weight is 356 g/mol. The molecule has 0 aliphatic heterocycles. The van der Waals surface area contributed by atoms with Crippen molar-refractivity contribution in [3.05, 3.63) is 59.7 Å². The first-order valence-corrected chi connectivity index (χ1v) is 7.94. The van der Waals surface area contributed by atoms with E-state index in [9.17, 15) is 19.5 Å². The highest BCUT2D eigenvalue weighted by atomic mass is 16.5. The van der Waals surface area contributed by atoms with Crippen LogP contribution in [0.3, 0.4) is 0 Å². The summed E-state index contributed by atoms with van der Waals surface area (Å²) in [6.45, 7) is 1.33. The van der Waals surface area contributed by atoms with E-state index >= 15 is 0 Å². The number of hydrogen-bond donors (Lipinski definition) is 3. The normalized spacial score (nSPS) is 11.3. The number of ether oxygens (including phenoxy) is 1. The Balaban J connectivity index is 2.21. The second kappa shape index (κ2) is 8.66. The maximum Gasteiger partial charge on any atom is 0.326 e. The van der Waals surface area contributed by atoms with Crippen LogP contribution >= 0.6 is 0 Å². The molecule has 0 heterocycles. The van der Waals surface area contributed by atoms with Gasteiger partial charge in [0.1, 0.15) is 11.8 Å². The second-order valence-electron chi connectivity index (χ2n) is 5.61. The highest BCUT2D eigenvalue weighted by molar-refractivity contribution is 6.04. The summed E-state index contributed by atoms with van der Waals surface area (Å²) in [7, 11) is 1.50. The maximum atomic E-state index is 12.5. The lowest BCUT2D eigenvalue weighted by Gasteiger charge is -2.17. The van der Waals surface area contributed by atoms with Gasteiger partial charge in [0.15, 0.2) is 0 Å². The summed E-state index contributed by atoms with van der Waals surface area (Å²) in [4.78, 5) is 35.4. The third kappa shape index (κ3) is 4.83. The van der Waals surface area contributed by atoms with E-state index in [0.29, 0.717) is 17.0 Å². The van der Waals surface area contributed by atoms with Crippen LogP contribution in [0.1, 0.15) is 22.8 Å². The van der Waals surface area contributed by atoms with E-state index in [2.05, 4.69) is 10.6 Å². The lowest BCUT2D eigenvalue weighted by molar-refractivity contribution is -0.139. The molecule has 2 aromatic rings. The molecule has 0 aromatic heterocycles. The van der Waals surface area contributed by atoms with Crippen LogP contribution in [-0.2, 0) is 16.0 Å². The van der Waals surface area contributed by atoms with E-state index in [1.54, 1.807) is 42.5 Å². The molecular formula is C19H20N2O5. The van der Waals surface area contributed by atoms with Crippen molar-refractivity contribution in [3.63, 3.8) is 0 Å². The van der Waals surface area contributed by atoms with Crippen molar-refractivity contribution in [2.45, 2.75) is 19.4 Å². The molecule has 2 rings (SSSR count). The van der Waals surface area contributed by atoms with Crippen LogP contribution in [0.15, 0.2) is 48.5 Å². The van der Waals surface area contributed by atoms with Gasteiger partial charge in [-0.1, -0.05) is 30.3 Å². The number of para-hydroxylation sites is 2. The number of rotatable bonds is 7. The molecule has 0 saturated heterocycles. The minimum absolute atomic E-state index is 0.0629. The fourth-order valence-electron chi connectivity index (χ4n) is 2.51. The van der Waals surface area contributed by atoms with Gasteiger partial charge in [-0.15, -0.1) is 0 Å². The Hall–Kier alpha value is -3.35. The Labute approximate surface area is 151 Å². The number of benzene rings is 2. The highest BCUT2D eigenvalue weighted by Crippen LogP contribution is 2.20. The van der Waals surface area contributed by atoms with E-state index in [0.717, 1.165) is 0 Å². The number of nitrogens with one attached hydrogen (secondary N) is 2. The first-order chi connectivity index (χ1) is 12.4. The van der Waals surface area contributed by atoms with Gasteiger partial charge in [-0.25, -0.2) is 4.79 Å². The quantitative estimate of drug-likeness (QED) is 0.704. The predicted octanol–water partition coefficient (Wildman–Crippen LogP) is 2.08. The number of carbonyl (C=O) groups is 3. The molecule has 2 amide bonds. The van der Waals surface area contributed by atoms with Crippen molar-refractivity contribution in [3.8, 4) is 5.75 Å². The zero-order valence-electron chi connectivity index (χ0n) is 14.5. The number of methoxy groups -OCH3 is 1. The molecule has 0 spiro atoms. The number of aliphatic carboxylic acids is 1. The fraction of sp³-hybridized carbons (Fsp3) is 0.211. The molecule has 0 radical (unpaired) electrons. The van der Waals surface area contributed by atoms with Crippen LogP contribution in [0.4, 0.5) is 5.69 Å². The van der Waals surface area contributed by atoms with E-state index in [1.165, 1.54) is 20.1 Å². The predicted molar refractivity (Wildman–Crippen MR) is 96.3 cm³/mol. The molecule has 7 heteroatoms. The van der Waals surface area contributed by atoms with Crippen molar-refractivity contribution in [2.75, 3.05) is 12.4 Å². The SMILES string of the molecule is COc1ccccc1C[C@@H](NC(=O)c1ccccc1NC(C)=O)C(=O)O. The van der Waals surface area contributed by atoms with Gasteiger partial charge in [-0.3, -0.25) is 9.59 Å². The van der Waals surface area contributed by atoms with Crippen LogP contribution in [0.5, 0.6) is 5.75 Å². The average Bonchev–Trinajstić information content (AvgIpc) is 2.61. The Morgan fingerprint density at radius 2 is 1.73 bits per heavy atom. The van der Waals surface area contributed by atoms with Crippen LogP contribution in [0, 0.1) is 0 Å². The molecule has 0 aliphatic rings. The summed E-state index contributed by atoms with van der Waals surface area (Å²) < 4.78 is 5.23. The maximum absolute atomic E-state index is 12.5. The largest absolute Gasteiger partial charge is 0.496 e. The number of anilines is 1. The molecule has 0 bridgehead atoms. The van der Waals surface area contributed by atoms with Gasteiger partial charge in [0, 0.05) is 13.3 Å². The van der Waals surface area contributed by atoms with E-state index in [1.807, 2.05) is 0 Å². The van der Waals surface area contributed by atoms with Crippen LogP contribution < -0.4 is 15.4 Å².